The molecule has 86 valence electrons. The predicted octanol–water partition coefficient (Wildman–Crippen LogP) is 1.96. The zero-order valence-corrected chi connectivity index (χ0v) is 9.50. The lowest BCUT2D eigenvalue weighted by Crippen LogP contribution is -2.14. The van der Waals surface area contributed by atoms with Crippen LogP contribution in [0.5, 0.6) is 0 Å². The number of nitrogens with zero attached hydrogens (tertiary/aromatic N) is 3. The standard InChI is InChI=1S/C13H14N4/c1-3-10(7-14-5-1)12-8-17-13(9-16-12)11-4-2-6-15-11/h1,3,5,7-9,11,15H,2,4,6H2. The van der Waals surface area contributed by atoms with Gasteiger partial charge in [0.05, 0.1) is 29.8 Å². The molecule has 4 nitrogen and oxygen atoms in total. The van der Waals surface area contributed by atoms with Gasteiger partial charge in [-0.05, 0) is 31.5 Å². The summed E-state index contributed by atoms with van der Waals surface area (Å²) in [6, 6.07) is 4.28. The summed E-state index contributed by atoms with van der Waals surface area (Å²) >= 11 is 0. The van der Waals surface area contributed by atoms with Crippen molar-refractivity contribution in [2.45, 2.75) is 18.9 Å². The molecule has 1 saturated heterocycles. The van der Waals surface area contributed by atoms with Gasteiger partial charge in [0.1, 0.15) is 0 Å². The molecule has 0 saturated carbocycles. The van der Waals surface area contributed by atoms with Gasteiger partial charge >= 0.3 is 0 Å². The van der Waals surface area contributed by atoms with Crippen LogP contribution in [0, 0.1) is 0 Å². The number of hydrogen-bond donors (Lipinski definition) is 1. The zero-order chi connectivity index (χ0) is 11.5. The fourth-order valence-corrected chi connectivity index (χ4v) is 2.12. The number of rotatable bonds is 2. The molecule has 0 amide bonds. The molecule has 1 atom stereocenters. The Morgan fingerprint density at radius 2 is 2.18 bits per heavy atom. The van der Waals surface area contributed by atoms with E-state index in [0.29, 0.717) is 6.04 Å². The Bertz CT molecular complexity index is 475. The first-order chi connectivity index (χ1) is 8.43. The van der Waals surface area contributed by atoms with Crippen molar-refractivity contribution in [3.05, 3.63) is 42.6 Å². The van der Waals surface area contributed by atoms with Gasteiger partial charge < -0.3 is 5.32 Å². The monoisotopic (exact) mass is 226 g/mol. The van der Waals surface area contributed by atoms with Crippen molar-refractivity contribution in [1.82, 2.24) is 20.3 Å². The van der Waals surface area contributed by atoms with Crippen LogP contribution in [0.15, 0.2) is 36.9 Å². The lowest BCUT2D eigenvalue weighted by Gasteiger charge is -2.09. The Kier molecular flexibility index (Phi) is 2.80. The van der Waals surface area contributed by atoms with Gasteiger partial charge in [0, 0.05) is 18.0 Å². The van der Waals surface area contributed by atoms with E-state index in [0.717, 1.165) is 29.9 Å². The Morgan fingerprint density at radius 1 is 1.18 bits per heavy atom. The maximum absolute atomic E-state index is 4.48. The SMILES string of the molecule is c1cncc(-c2cnc(C3CCCN3)cn2)c1. The van der Waals surface area contributed by atoms with Crippen molar-refractivity contribution >= 4 is 0 Å². The maximum Gasteiger partial charge on any atom is 0.0900 e. The van der Waals surface area contributed by atoms with E-state index in [-0.39, 0.29) is 0 Å². The van der Waals surface area contributed by atoms with Gasteiger partial charge in [-0.15, -0.1) is 0 Å². The Morgan fingerprint density at radius 3 is 2.82 bits per heavy atom. The van der Waals surface area contributed by atoms with E-state index in [1.165, 1.54) is 6.42 Å². The van der Waals surface area contributed by atoms with E-state index in [2.05, 4.69) is 20.3 Å². The highest BCUT2D eigenvalue weighted by atomic mass is 15.0. The Balaban J connectivity index is 1.85. The van der Waals surface area contributed by atoms with Gasteiger partial charge in [0.15, 0.2) is 0 Å². The van der Waals surface area contributed by atoms with Crippen LogP contribution in [0.2, 0.25) is 0 Å². The van der Waals surface area contributed by atoms with Gasteiger partial charge in [0.25, 0.3) is 0 Å². The number of nitrogens with one attached hydrogen (secondary N) is 1. The first kappa shape index (κ1) is 10.4. The second-order valence-electron chi connectivity index (χ2n) is 4.22. The largest absolute Gasteiger partial charge is 0.309 e. The molecule has 0 radical (unpaired) electrons. The van der Waals surface area contributed by atoms with Crippen molar-refractivity contribution in [1.29, 1.82) is 0 Å². The molecular formula is C13H14N4. The van der Waals surface area contributed by atoms with E-state index >= 15 is 0 Å². The van der Waals surface area contributed by atoms with E-state index in [1.54, 1.807) is 12.4 Å². The molecule has 0 bridgehead atoms. The average molecular weight is 226 g/mol. The molecule has 4 heteroatoms. The molecule has 3 rings (SSSR count). The number of aromatic nitrogens is 3. The molecule has 3 heterocycles. The molecule has 17 heavy (non-hydrogen) atoms. The molecule has 1 fully saturated rings. The smallest absolute Gasteiger partial charge is 0.0900 e. The minimum atomic E-state index is 0.380. The van der Waals surface area contributed by atoms with E-state index in [1.807, 2.05) is 24.5 Å². The van der Waals surface area contributed by atoms with Gasteiger partial charge in [-0.25, -0.2) is 0 Å². The molecule has 1 aliphatic heterocycles. The van der Waals surface area contributed by atoms with Crippen LogP contribution in [0.3, 0.4) is 0 Å². The first-order valence-electron chi connectivity index (χ1n) is 5.89. The number of hydrogen-bond acceptors (Lipinski definition) is 4. The topological polar surface area (TPSA) is 50.7 Å². The third kappa shape index (κ3) is 2.17. The van der Waals surface area contributed by atoms with Gasteiger partial charge in [0.2, 0.25) is 0 Å². The molecule has 2 aromatic heterocycles. The van der Waals surface area contributed by atoms with Crippen LogP contribution >= 0.6 is 0 Å². The number of pyridine rings is 1. The predicted molar refractivity (Wildman–Crippen MR) is 65.2 cm³/mol. The molecule has 0 aromatic carbocycles. The van der Waals surface area contributed by atoms with Crippen molar-refractivity contribution in [2.75, 3.05) is 6.54 Å². The minimum absolute atomic E-state index is 0.380. The molecule has 0 aliphatic carbocycles. The molecule has 1 aliphatic rings. The van der Waals surface area contributed by atoms with Crippen molar-refractivity contribution in [3.63, 3.8) is 0 Å². The van der Waals surface area contributed by atoms with Crippen LogP contribution in [0.25, 0.3) is 11.3 Å². The molecule has 1 unspecified atom stereocenters. The molecular weight excluding hydrogens is 212 g/mol. The summed E-state index contributed by atoms with van der Waals surface area (Å²) in [5.74, 6) is 0. The summed E-state index contributed by atoms with van der Waals surface area (Å²) in [5, 5.41) is 3.42. The van der Waals surface area contributed by atoms with E-state index < -0.39 is 0 Å². The van der Waals surface area contributed by atoms with Crippen LogP contribution in [0.1, 0.15) is 24.6 Å². The first-order valence-corrected chi connectivity index (χ1v) is 5.89. The summed E-state index contributed by atoms with van der Waals surface area (Å²) in [7, 11) is 0. The van der Waals surface area contributed by atoms with Crippen molar-refractivity contribution in [2.24, 2.45) is 0 Å². The van der Waals surface area contributed by atoms with Crippen LogP contribution in [-0.4, -0.2) is 21.5 Å². The molecule has 2 aromatic rings. The van der Waals surface area contributed by atoms with Gasteiger partial charge in [-0.1, -0.05) is 0 Å². The van der Waals surface area contributed by atoms with Crippen molar-refractivity contribution in [3.8, 4) is 11.3 Å². The van der Waals surface area contributed by atoms with Crippen LogP contribution in [0.4, 0.5) is 0 Å². The summed E-state index contributed by atoms with van der Waals surface area (Å²) < 4.78 is 0. The van der Waals surface area contributed by atoms with Gasteiger partial charge in [-0.3, -0.25) is 15.0 Å². The third-order valence-electron chi connectivity index (χ3n) is 3.05. The summed E-state index contributed by atoms with van der Waals surface area (Å²) in [6.45, 7) is 1.08. The quantitative estimate of drug-likeness (QED) is 0.850. The second kappa shape index (κ2) is 4.59. The summed E-state index contributed by atoms with van der Waals surface area (Å²) in [4.78, 5) is 13.0. The highest BCUT2D eigenvalue weighted by molar-refractivity contribution is 5.56. The van der Waals surface area contributed by atoms with E-state index in [9.17, 15) is 0 Å². The third-order valence-corrected chi connectivity index (χ3v) is 3.05. The Hall–Kier alpha value is -1.81. The molecule has 0 spiro atoms. The van der Waals surface area contributed by atoms with Crippen molar-refractivity contribution < 1.29 is 0 Å². The average Bonchev–Trinajstić information content (AvgIpc) is 2.94. The fraction of sp³-hybridized carbons (Fsp3) is 0.308. The lowest BCUT2D eigenvalue weighted by molar-refractivity contribution is 0.624. The Labute approximate surface area is 100 Å². The fourth-order valence-electron chi connectivity index (χ4n) is 2.12. The lowest BCUT2D eigenvalue weighted by atomic mass is 10.1. The summed E-state index contributed by atoms with van der Waals surface area (Å²) in [6.07, 6.45) is 9.63. The highest BCUT2D eigenvalue weighted by Crippen LogP contribution is 2.21. The normalized spacial score (nSPS) is 19.4. The van der Waals surface area contributed by atoms with Crippen LogP contribution in [-0.2, 0) is 0 Å². The van der Waals surface area contributed by atoms with Gasteiger partial charge in [-0.2, -0.15) is 0 Å². The maximum atomic E-state index is 4.48. The second-order valence-corrected chi connectivity index (χ2v) is 4.22. The summed E-state index contributed by atoms with van der Waals surface area (Å²) in [5.41, 5.74) is 2.92. The van der Waals surface area contributed by atoms with E-state index in [4.69, 9.17) is 0 Å². The highest BCUT2D eigenvalue weighted by Gasteiger charge is 2.17. The minimum Gasteiger partial charge on any atom is -0.309 e. The van der Waals surface area contributed by atoms with Crippen LogP contribution < -0.4 is 5.32 Å². The zero-order valence-electron chi connectivity index (χ0n) is 9.50. The molecule has 1 N–H and O–H groups in total.